The Balaban J connectivity index is 1.64. The number of rotatable bonds is 3. The van der Waals surface area contributed by atoms with E-state index in [1.54, 1.807) is 0 Å². The summed E-state index contributed by atoms with van der Waals surface area (Å²) in [5, 5.41) is 5.35. The van der Waals surface area contributed by atoms with Crippen LogP contribution in [0.25, 0.3) is 4.96 Å². The Morgan fingerprint density at radius 3 is 3.12 bits per heavy atom. The number of nitrogens with zero attached hydrogens (tertiary/aromatic N) is 5. The molecule has 0 aromatic carbocycles. The van der Waals surface area contributed by atoms with Gasteiger partial charge in [0.1, 0.15) is 5.01 Å². The number of aryl methyl sites for hydroxylation is 2. The van der Waals surface area contributed by atoms with E-state index < -0.39 is 0 Å². The topological polar surface area (TPSA) is 64.7 Å². The minimum absolute atomic E-state index is 0.124. The van der Waals surface area contributed by atoms with Gasteiger partial charge >= 0.3 is 0 Å². The van der Waals surface area contributed by atoms with Gasteiger partial charge in [0.15, 0.2) is 0 Å². The molecule has 0 saturated carbocycles. The minimum atomic E-state index is -0.124. The highest BCUT2D eigenvalue weighted by Gasteiger charge is 2.27. The highest BCUT2D eigenvalue weighted by atomic mass is 32.1. The maximum absolute atomic E-state index is 12.0. The smallest absolute Gasteiger partial charge is 0.275 e. The number of hydrogen-bond acceptors (Lipinski definition) is 6. The van der Waals surface area contributed by atoms with Gasteiger partial charge in [-0.2, -0.15) is 9.61 Å². The van der Waals surface area contributed by atoms with Crippen LogP contribution in [-0.2, 0) is 18.3 Å². The van der Waals surface area contributed by atoms with Gasteiger partial charge in [-0.1, -0.05) is 11.3 Å². The normalized spacial score (nSPS) is 19.2. The third-order valence-corrected chi connectivity index (χ3v) is 5.21. The fourth-order valence-electron chi connectivity index (χ4n) is 3.12. The van der Waals surface area contributed by atoms with Gasteiger partial charge in [-0.3, -0.25) is 9.69 Å². The van der Waals surface area contributed by atoms with E-state index in [1.807, 2.05) is 26.2 Å². The molecule has 1 saturated heterocycles. The predicted molar refractivity (Wildman–Crippen MR) is 91.3 cm³/mol. The van der Waals surface area contributed by atoms with Crippen molar-refractivity contribution in [2.45, 2.75) is 19.5 Å². The third kappa shape index (κ3) is 2.77. The quantitative estimate of drug-likeness (QED) is 0.717. The zero-order valence-corrected chi connectivity index (χ0v) is 14.5. The lowest BCUT2D eigenvalue weighted by Crippen LogP contribution is -2.39. The lowest BCUT2D eigenvalue weighted by Gasteiger charge is -2.35. The molecule has 1 atom stereocenters. The van der Waals surface area contributed by atoms with Crippen LogP contribution in [0.15, 0.2) is 29.2 Å². The first-order valence-corrected chi connectivity index (χ1v) is 8.73. The fraction of sp³-hybridized carbons (Fsp3) is 0.438. The monoisotopic (exact) mass is 345 g/mol. The lowest BCUT2D eigenvalue weighted by molar-refractivity contribution is -0.0153. The second kappa shape index (κ2) is 6.12. The van der Waals surface area contributed by atoms with Crippen LogP contribution in [0.3, 0.4) is 0 Å². The molecule has 0 spiro atoms. The second-order valence-corrected chi connectivity index (χ2v) is 7.07. The Hall–Kier alpha value is -2.03. The summed E-state index contributed by atoms with van der Waals surface area (Å²) in [6, 6.07) is 5.88. The van der Waals surface area contributed by atoms with Crippen molar-refractivity contribution in [3.05, 3.63) is 51.1 Å². The molecule has 0 N–H and O–H groups in total. The zero-order chi connectivity index (χ0) is 16.7. The molecular weight excluding hydrogens is 326 g/mol. The van der Waals surface area contributed by atoms with Gasteiger partial charge in [0.2, 0.25) is 4.96 Å². The first-order valence-electron chi connectivity index (χ1n) is 7.91. The SMILES string of the molecule is Cc1cc(=O)n2nc(CN3CCOC[C@H]3c3cccn3C)sc2n1. The Labute approximate surface area is 143 Å². The van der Waals surface area contributed by atoms with Crippen molar-refractivity contribution in [2.75, 3.05) is 19.8 Å². The van der Waals surface area contributed by atoms with E-state index >= 15 is 0 Å². The van der Waals surface area contributed by atoms with E-state index in [2.05, 4.69) is 25.6 Å². The van der Waals surface area contributed by atoms with Crippen molar-refractivity contribution in [1.29, 1.82) is 0 Å². The molecule has 0 amide bonds. The molecule has 8 heteroatoms. The van der Waals surface area contributed by atoms with Crippen LogP contribution >= 0.6 is 11.3 Å². The summed E-state index contributed by atoms with van der Waals surface area (Å²) < 4.78 is 9.20. The Kier molecular flexibility index (Phi) is 3.95. The summed E-state index contributed by atoms with van der Waals surface area (Å²) >= 11 is 1.47. The minimum Gasteiger partial charge on any atom is -0.378 e. The summed E-state index contributed by atoms with van der Waals surface area (Å²) in [5.74, 6) is 0. The number of aromatic nitrogens is 4. The Morgan fingerprint density at radius 1 is 1.46 bits per heavy atom. The lowest BCUT2D eigenvalue weighted by atomic mass is 10.1. The van der Waals surface area contributed by atoms with Gasteiger partial charge in [-0.25, -0.2) is 4.98 Å². The molecule has 4 heterocycles. The summed E-state index contributed by atoms with van der Waals surface area (Å²) in [5.41, 5.74) is 1.83. The molecule has 1 fully saturated rings. The van der Waals surface area contributed by atoms with E-state index in [4.69, 9.17) is 4.74 Å². The number of morpholine rings is 1. The van der Waals surface area contributed by atoms with Gasteiger partial charge in [0, 0.05) is 37.2 Å². The molecule has 0 radical (unpaired) electrons. The van der Waals surface area contributed by atoms with Crippen LogP contribution in [0.5, 0.6) is 0 Å². The third-order valence-electron chi connectivity index (χ3n) is 4.32. The summed E-state index contributed by atoms with van der Waals surface area (Å²) in [6.45, 7) is 4.73. The molecule has 24 heavy (non-hydrogen) atoms. The largest absolute Gasteiger partial charge is 0.378 e. The zero-order valence-electron chi connectivity index (χ0n) is 13.7. The fourth-order valence-corrected chi connectivity index (χ4v) is 4.09. The van der Waals surface area contributed by atoms with Crippen LogP contribution in [0, 0.1) is 6.92 Å². The molecule has 3 aromatic rings. The van der Waals surface area contributed by atoms with Crippen LogP contribution in [0.2, 0.25) is 0 Å². The summed E-state index contributed by atoms with van der Waals surface area (Å²) in [6.07, 6.45) is 2.05. The van der Waals surface area contributed by atoms with Gasteiger partial charge in [-0.05, 0) is 19.1 Å². The molecule has 0 bridgehead atoms. The molecule has 7 nitrogen and oxygen atoms in total. The molecule has 4 rings (SSSR count). The first-order chi connectivity index (χ1) is 11.6. The van der Waals surface area contributed by atoms with Crippen molar-refractivity contribution in [3.8, 4) is 0 Å². The Bertz CT molecular complexity index is 928. The molecular formula is C16H19N5O2S. The van der Waals surface area contributed by atoms with Crippen molar-refractivity contribution in [3.63, 3.8) is 0 Å². The molecule has 126 valence electrons. The van der Waals surface area contributed by atoms with Crippen molar-refractivity contribution >= 4 is 16.3 Å². The average molecular weight is 345 g/mol. The highest BCUT2D eigenvalue weighted by molar-refractivity contribution is 7.16. The van der Waals surface area contributed by atoms with E-state index in [1.165, 1.54) is 27.6 Å². The standard InChI is InChI=1S/C16H19N5O2S/c1-11-8-15(22)21-16(17-11)24-14(18-21)9-20-6-7-23-10-13(20)12-4-3-5-19(12)2/h3-5,8,13H,6-7,9-10H2,1-2H3/t13-/m0/s1. The average Bonchev–Trinajstić information content (AvgIpc) is 3.14. The summed E-state index contributed by atoms with van der Waals surface area (Å²) in [7, 11) is 2.05. The molecule has 0 unspecified atom stereocenters. The van der Waals surface area contributed by atoms with Crippen molar-refractivity contribution in [1.82, 2.24) is 24.1 Å². The molecule has 3 aromatic heterocycles. The van der Waals surface area contributed by atoms with Crippen LogP contribution < -0.4 is 5.56 Å². The van der Waals surface area contributed by atoms with Crippen LogP contribution in [0.4, 0.5) is 0 Å². The van der Waals surface area contributed by atoms with Gasteiger partial charge < -0.3 is 9.30 Å². The summed E-state index contributed by atoms with van der Waals surface area (Å²) in [4.78, 5) is 19.4. The van der Waals surface area contributed by atoms with Crippen molar-refractivity contribution in [2.24, 2.45) is 7.05 Å². The predicted octanol–water partition coefficient (Wildman–Crippen LogP) is 1.37. The van der Waals surface area contributed by atoms with Crippen LogP contribution in [0.1, 0.15) is 22.4 Å². The Morgan fingerprint density at radius 2 is 2.33 bits per heavy atom. The second-order valence-electron chi connectivity index (χ2n) is 6.03. The van der Waals surface area contributed by atoms with Gasteiger partial charge in [0.05, 0.1) is 25.8 Å². The maximum Gasteiger partial charge on any atom is 0.275 e. The first kappa shape index (κ1) is 15.5. The maximum atomic E-state index is 12.0. The molecule has 0 aliphatic carbocycles. The van der Waals surface area contributed by atoms with Crippen LogP contribution in [-0.4, -0.2) is 43.8 Å². The van der Waals surface area contributed by atoms with E-state index in [0.717, 1.165) is 17.2 Å². The highest BCUT2D eigenvalue weighted by Crippen LogP contribution is 2.27. The number of hydrogen-bond donors (Lipinski definition) is 0. The van der Waals surface area contributed by atoms with Crippen molar-refractivity contribution < 1.29 is 4.74 Å². The van der Waals surface area contributed by atoms with Gasteiger partial charge in [-0.15, -0.1) is 0 Å². The van der Waals surface area contributed by atoms with Gasteiger partial charge in [0.25, 0.3) is 5.56 Å². The van der Waals surface area contributed by atoms with E-state index in [9.17, 15) is 4.79 Å². The van der Waals surface area contributed by atoms with E-state index in [0.29, 0.717) is 24.7 Å². The number of fused-ring (bicyclic) bond motifs is 1. The van der Waals surface area contributed by atoms with E-state index in [-0.39, 0.29) is 11.6 Å². The molecule has 1 aliphatic heterocycles. The number of ether oxygens (including phenoxy) is 1. The molecule has 1 aliphatic rings.